The van der Waals surface area contributed by atoms with Crippen molar-refractivity contribution in [1.29, 1.82) is 0 Å². The van der Waals surface area contributed by atoms with E-state index in [0.717, 1.165) is 23.7 Å². The molecule has 5 heteroatoms. The highest BCUT2D eigenvalue weighted by molar-refractivity contribution is 9.10. The summed E-state index contributed by atoms with van der Waals surface area (Å²) >= 11 is 3.40. The van der Waals surface area contributed by atoms with Crippen molar-refractivity contribution in [2.24, 2.45) is 0 Å². The third-order valence-electron chi connectivity index (χ3n) is 3.50. The molecular formula is C14H18BrNO3. The zero-order valence-corrected chi connectivity index (χ0v) is 12.5. The Balaban J connectivity index is 2.27. The van der Waals surface area contributed by atoms with E-state index in [1.54, 1.807) is 24.1 Å². The number of piperidine rings is 1. The number of benzene rings is 1. The van der Waals surface area contributed by atoms with Crippen molar-refractivity contribution in [1.82, 2.24) is 4.90 Å². The molecule has 1 aromatic carbocycles. The zero-order valence-electron chi connectivity index (χ0n) is 10.9. The van der Waals surface area contributed by atoms with Crippen molar-refractivity contribution >= 4 is 21.8 Å². The summed E-state index contributed by atoms with van der Waals surface area (Å²) in [5.41, 5.74) is 0.583. The van der Waals surface area contributed by atoms with Crippen molar-refractivity contribution in [2.45, 2.75) is 25.3 Å². The Morgan fingerprint density at radius 1 is 1.53 bits per heavy atom. The number of ether oxygens (including phenoxy) is 1. The maximum Gasteiger partial charge on any atom is 0.255 e. The molecule has 19 heavy (non-hydrogen) atoms. The molecule has 1 aliphatic rings. The average Bonchev–Trinajstić information content (AvgIpc) is 2.47. The van der Waals surface area contributed by atoms with Crippen LogP contribution in [0.1, 0.15) is 29.6 Å². The van der Waals surface area contributed by atoms with Crippen LogP contribution in [0.5, 0.6) is 5.75 Å². The number of hydrogen-bond donors (Lipinski definition) is 1. The van der Waals surface area contributed by atoms with E-state index in [1.807, 2.05) is 6.07 Å². The fourth-order valence-electron chi connectivity index (χ4n) is 2.41. The first-order chi connectivity index (χ1) is 9.17. The molecule has 4 nitrogen and oxygen atoms in total. The van der Waals surface area contributed by atoms with Gasteiger partial charge in [0.2, 0.25) is 0 Å². The van der Waals surface area contributed by atoms with E-state index >= 15 is 0 Å². The summed E-state index contributed by atoms with van der Waals surface area (Å²) in [7, 11) is 1.58. The van der Waals surface area contributed by atoms with Gasteiger partial charge in [-0.25, -0.2) is 0 Å². The second-order valence-corrected chi connectivity index (χ2v) is 5.53. The summed E-state index contributed by atoms with van der Waals surface area (Å²) in [6.07, 6.45) is 2.92. The van der Waals surface area contributed by atoms with Crippen LogP contribution >= 0.6 is 15.9 Å². The van der Waals surface area contributed by atoms with Crippen LogP contribution < -0.4 is 4.74 Å². The van der Waals surface area contributed by atoms with Gasteiger partial charge in [0.15, 0.2) is 0 Å². The minimum atomic E-state index is -0.0700. The van der Waals surface area contributed by atoms with Gasteiger partial charge >= 0.3 is 0 Å². The fourth-order valence-corrected chi connectivity index (χ4v) is 2.82. The smallest absolute Gasteiger partial charge is 0.255 e. The Labute approximate surface area is 121 Å². The summed E-state index contributed by atoms with van der Waals surface area (Å²) in [5, 5.41) is 9.40. The first-order valence-corrected chi connectivity index (χ1v) is 7.22. The lowest BCUT2D eigenvalue weighted by atomic mass is 10.0. The van der Waals surface area contributed by atoms with E-state index in [1.165, 1.54) is 0 Å². The number of likely N-dealkylation sites (tertiary alicyclic amines) is 1. The van der Waals surface area contributed by atoms with Gasteiger partial charge in [-0.05, 0) is 53.4 Å². The molecule has 1 atom stereocenters. The molecule has 1 N–H and O–H groups in total. The molecule has 0 aromatic heterocycles. The van der Waals surface area contributed by atoms with E-state index in [4.69, 9.17) is 4.74 Å². The number of aliphatic hydroxyl groups is 1. The fraction of sp³-hybridized carbons (Fsp3) is 0.500. The average molecular weight is 328 g/mol. The number of carbonyl (C=O) groups is 1. The minimum absolute atomic E-state index is 0.0212. The highest BCUT2D eigenvalue weighted by Crippen LogP contribution is 2.26. The van der Waals surface area contributed by atoms with Crippen LogP contribution in [-0.4, -0.2) is 42.2 Å². The Morgan fingerprint density at radius 3 is 3.00 bits per heavy atom. The first kappa shape index (κ1) is 14.3. The normalized spacial score (nSPS) is 19.3. The second-order valence-electron chi connectivity index (χ2n) is 4.68. The third-order valence-corrected chi connectivity index (χ3v) is 4.19. The number of carbonyl (C=O) groups excluding carboxylic acids is 1. The van der Waals surface area contributed by atoms with Gasteiger partial charge in [-0.15, -0.1) is 0 Å². The highest BCUT2D eigenvalue weighted by atomic mass is 79.9. The lowest BCUT2D eigenvalue weighted by molar-refractivity contribution is 0.0502. The molecule has 1 amide bonds. The predicted molar refractivity (Wildman–Crippen MR) is 76.5 cm³/mol. The molecule has 1 aliphatic heterocycles. The first-order valence-electron chi connectivity index (χ1n) is 6.42. The van der Waals surface area contributed by atoms with Crippen molar-refractivity contribution < 1.29 is 14.6 Å². The lowest BCUT2D eigenvalue weighted by Crippen LogP contribution is -2.45. The maximum absolute atomic E-state index is 12.6. The highest BCUT2D eigenvalue weighted by Gasteiger charge is 2.28. The van der Waals surface area contributed by atoms with Crippen molar-refractivity contribution in [3.63, 3.8) is 0 Å². The molecule has 104 valence electrons. The van der Waals surface area contributed by atoms with Gasteiger partial charge in [-0.3, -0.25) is 4.79 Å². The Hall–Kier alpha value is -1.07. The topological polar surface area (TPSA) is 49.8 Å². The monoisotopic (exact) mass is 327 g/mol. The number of halogens is 1. The van der Waals surface area contributed by atoms with Crippen molar-refractivity contribution in [3.05, 3.63) is 28.2 Å². The van der Waals surface area contributed by atoms with Crippen LogP contribution in [0.4, 0.5) is 0 Å². The summed E-state index contributed by atoms with van der Waals surface area (Å²) in [4.78, 5) is 14.4. The van der Waals surface area contributed by atoms with E-state index in [0.29, 0.717) is 17.9 Å². The number of methoxy groups -OCH3 is 1. The number of nitrogens with zero attached hydrogens (tertiary/aromatic N) is 1. The third kappa shape index (κ3) is 3.09. The number of aliphatic hydroxyl groups excluding tert-OH is 1. The zero-order chi connectivity index (χ0) is 13.8. The molecule has 0 bridgehead atoms. The van der Waals surface area contributed by atoms with Gasteiger partial charge in [-0.1, -0.05) is 0 Å². The van der Waals surface area contributed by atoms with E-state index in [9.17, 15) is 9.90 Å². The van der Waals surface area contributed by atoms with Crippen LogP contribution in [-0.2, 0) is 0 Å². The largest absolute Gasteiger partial charge is 0.497 e. The Bertz CT molecular complexity index is 464. The van der Waals surface area contributed by atoms with Crippen LogP contribution in [0.3, 0.4) is 0 Å². The van der Waals surface area contributed by atoms with E-state index < -0.39 is 0 Å². The molecular weight excluding hydrogens is 310 g/mol. The van der Waals surface area contributed by atoms with E-state index in [-0.39, 0.29) is 18.6 Å². The van der Waals surface area contributed by atoms with E-state index in [2.05, 4.69) is 15.9 Å². The van der Waals surface area contributed by atoms with Gasteiger partial charge < -0.3 is 14.7 Å². The van der Waals surface area contributed by atoms with Gasteiger partial charge in [0.05, 0.1) is 25.3 Å². The molecule has 1 fully saturated rings. The molecule has 0 radical (unpaired) electrons. The Morgan fingerprint density at radius 2 is 2.32 bits per heavy atom. The van der Waals surface area contributed by atoms with Gasteiger partial charge in [0.25, 0.3) is 5.91 Å². The molecule has 1 aromatic rings. The molecule has 0 spiro atoms. The number of rotatable bonds is 3. The predicted octanol–water partition coefficient (Wildman–Crippen LogP) is 2.44. The molecule has 0 saturated carbocycles. The standard InChI is InChI=1S/C14H18BrNO3/c1-19-11-5-6-13(15)12(8-11)14(18)16-7-3-2-4-10(16)9-17/h5-6,8,10,17H,2-4,7,9H2,1H3. The lowest BCUT2D eigenvalue weighted by Gasteiger charge is -2.34. The molecule has 1 unspecified atom stereocenters. The van der Waals surface area contributed by atoms with Crippen LogP contribution in [0, 0.1) is 0 Å². The summed E-state index contributed by atoms with van der Waals surface area (Å²) in [5.74, 6) is 0.605. The van der Waals surface area contributed by atoms with Crippen LogP contribution in [0.15, 0.2) is 22.7 Å². The summed E-state index contributed by atoms with van der Waals surface area (Å²) in [6.45, 7) is 0.723. The minimum Gasteiger partial charge on any atom is -0.497 e. The molecule has 1 saturated heterocycles. The summed E-state index contributed by atoms with van der Waals surface area (Å²) < 4.78 is 5.91. The number of hydrogen-bond acceptors (Lipinski definition) is 3. The van der Waals surface area contributed by atoms with Crippen LogP contribution in [0.2, 0.25) is 0 Å². The van der Waals surface area contributed by atoms with Crippen molar-refractivity contribution in [2.75, 3.05) is 20.3 Å². The Kier molecular flexibility index (Phi) is 4.82. The quantitative estimate of drug-likeness (QED) is 0.927. The SMILES string of the molecule is COc1ccc(Br)c(C(=O)N2CCCCC2CO)c1. The second kappa shape index (κ2) is 6.39. The van der Waals surface area contributed by atoms with Crippen molar-refractivity contribution in [3.8, 4) is 5.75 Å². The van der Waals surface area contributed by atoms with Gasteiger partial charge in [0.1, 0.15) is 5.75 Å². The maximum atomic E-state index is 12.6. The van der Waals surface area contributed by atoms with Gasteiger partial charge in [0, 0.05) is 11.0 Å². The molecule has 1 heterocycles. The van der Waals surface area contributed by atoms with Crippen LogP contribution in [0.25, 0.3) is 0 Å². The molecule has 2 rings (SSSR count). The van der Waals surface area contributed by atoms with Gasteiger partial charge in [-0.2, -0.15) is 0 Å². The summed E-state index contributed by atoms with van der Waals surface area (Å²) in [6, 6.07) is 5.28. The molecule has 0 aliphatic carbocycles. The number of amides is 1.